The van der Waals surface area contributed by atoms with Crippen molar-refractivity contribution >= 4 is 18.4 Å². The van der Waals surface area contributed by atoms with Gasteiger partial charge in [0.15, 0.2) is 5.96 Å². The molecule has 0 aliphatic rings. The van der Waals surface area contributed by atoms with Gasteiger partial charge in [-0.25, -0.2) is 0 Å². The zero-order valence-corrected chi connectivity index (χ0v) is 10.2. The summed E-state index contributed by atoms with van der Waals surface area (Å²) in [5.41, 5.74) is 11.7. The van der Waals surface area contributed by atoms with E-state index in [1.807, 2.05) is 24.3 Å². The molecule has 0 aliphatic heterocycles. The number of methoxy groups -OCH3 is 1. The van der Waals surface area contributed by atoms with Crippen molar-refractivity contribution in [2.45, 2.75) is 12.8 Å². The quantitative estimate of drug-likeness (QED) is 0.465. The maximum atomic E-state index is 5.22. The molecule has 0 aromatic heterocycles. The number of nitrogens with two attached hydrogens (primary N) is 2. The number of rotatable bonds is 5. The molecule has 4 N–H and O–H groups in total. The standard InChI is InChI=1S/C11H17N3O.ClH/c1-15-10-6-4-9(5-7-10)3-2-8-14-11(12)13;/h4-7H,2-3,8H2,1H3,(H4,12,13,14);1H. The van der Waals surface area contributed by atoms with Gasteiger partial charge in [-0.2, -0.15) is 0 Å². The lowest BCUT2D eigenvalue weighted by atomic mass is 10.1. The molecule has 4 nitrogen and oxygen atoms in total. The van der Waals surface area contributed by atoms with E-state index in [2.05, 4.69) is 4.99 Å². The molecule has 0 radical (unpaired) electrons. The van der Waals surface area contributed by atoms with Crippen LogP contribution < -0.4 is 16.2 Å². The number of hydrogen-bond acceptors (Lipinski definition) is 2. The van der Waals surface area contributed by atoms with Crippen molar-refractivity contribution in [3.8, 4) is 5.75 Å². The molecule has 0 heterocycles. The Morgan fingerprint density at radius 3 is 2.38 bits per heavy atom. The molecule has 0 aliphatic carbocycles. The summed E-state index contributed by atoms with van der Waals surface area (Å²) in [5.74, 6) is 1.03. The Balaban J connectivity index is 0.00000225. The first-order valence-corrected chi connectivity index (χ1v) is 4.90. The summed E-state index contributed by atoms with van der Waals surface area (Å²) >= 11 is 0. The van der Waals surface area contributed by atoms with Crippen LogP contribution in [0.2, 0.25) is 0 Å². The Labute approximate surface area is 102 Å². The molecule has 1 rings (SSSR count). The summed E-state index contributed by atoms with van der Waals surface area (Å²) in [4.78, 5) is 3.92. The van der Waals surface area contributed by atoms with Gasteiger partial charge in [-0.3, -0.25) is 4.99 Å². The monoisotopic (exact) mass is 243 g/mol. The third-order valence-electron chi connectivity index (χ3n) is 2.08. The smallest absolute Gasteiger partial charge is 0.185 e. The van der Waals surface area contributed by atoms with E-state index in [1.165, 1.54) is 5.56 Å². The lowest BCUT2D eigenvalue weighted by Gasteiger charge is -2.02. The zero-order chi connectivity index (χ0) is 11.1. The fourth-order valence-corrected chi connectivity index (χ4v) is 1.28. The normalized spacial score (nSPS) is 9.06. The predicted octanol–water partition coefficient (Wildman–Crippen LogP) is 1.32. The van der Waals surface area contributed by atoms with Crippen LogP contribution in [0.5, 0.6) is 5.75 Å². The van der Waals surface area contributed by atoms with E-state index in [-0.39, 0.29) is 18.4 Å². The number of benzene rings is 1. The van der Waals surface area contributed by atoms with Gasteiger partial charge in [-0.05, 0) is 30.5 Å². The Morgan fingerprint density at radius 2 is 1.88 bits per heavy atom. The van der Waals surface area contributed by atoms with Gasteiger partial charge in [0.05, 0.1) is 7.11 Å². The van der Waals surface area contributed by atoms with Gasteiger partial charge in [0.2, 0.25) is 0 Å². The topological polar surface area (TPSA) is 73.6 Å². The van der Waals surface area contributed by atoms with E-state index >= 15 is 0 Å². The highest BCUT2D eigenvalue weighted by Gasteiger charge is 1.94. The highest BCUT2D eigenvalue weighted by Crippen LogP contribution is 2.12. The minimum atomic E-state index is 0. The molecule has 0 saturated carbocycles. The van der Waals surface area contributed by atoms with Crippen molar-refractivity contribution in [3.63, 3.8) is 0 Å². The summed E-state index contributed by atoms with van der Waals surface area (Å²) in [7, 11) is 1.66. The first-order chi connectivity index (χ1) is 7.22. The Morgan fingerprint density at radius 1 is 1.25 bits per heavy atom. The van der Waals surface area contributed by atoms with Gasteiger partial charge in [-0.15, -0.1) is 12.4 Å². The summed E-state index contributed by atoms with van der Waals surface area (Å²) < 4.78 is 5.07. The van der Waals surface area contributed by atoms with Crippen molar-refractivity contribution in [1.29, 1.82) is 0 Å². The molecular formula is C11H18ClN3O. The van der Waals surface area contributed by atoms with Gasteiger partial charge >= 0.3 is 0 Å². The summed E-state index contributed by atoms with van der Waals surface area (Å²) in [6.07, 6.45) is 1.92. The van der Waals surface area contributed by atoms with E-state index in [1.54, 1.807) is 7.11 Å². The number of guanidine groups is 1. The predicted molar refractivity (Wildman–Crippen MR) is 69.2 cm³/mol. The minimum absolute atomic E-state index is 0. The van der Waals surface area contributed by atoms with E-state index in [0.29, 0.717) is 6.54 Å². The molecule has 0 fully saturated rings. The van der Waals surface area contributed by atoms with Crippen LogP contribution in [0, 0.1) is 0 Å². The van der Waals surface area contributed by atoms with Crippen LogP contribution in [0.3, 0.4) is 0 Å². The van der Waals surface area contributed by atoms with Crippen molar-refractivity contribution in [2.24, 2.45) is 16.5 Å². The SMILES string of the molecule is COc1ccc(CCCN=C(N)N)cc1.Cl. The summed E-state index contributed by atoms with van der Waals surface area (Å²) in [6, 6.07) is 8.01. The van der Waals surface area contributed by atoms with Gasteiger partial charge in [0, 0.05) is 6.54 Å². The van der Waals surface area contributed by atoms with Crippen molar-refractivity contribution < 1.29 is 4.74 Å². The number of halogens is 1. The largest absolute Gasteiger partial charge is 0.497 e. The molecular weight excluding hydrogens is 226 g/mol. The van der Waals surface area contributed by atoms with Crippen LogP contribution in [0.1, 0.15) is 12.0 Å². The van der Waals surface area contributed by atoms with Gasteiger partial charge in [0.1, 0.15) is 5.75 Å². The van der Waals surface area contributed by atoms with Crippen LogP contribution >= 0.6 is 12.4 Å². The Bertz CT molecular complexity index is 321. The lowest BCUT2D eigenvalue weighted by molar-refractivity contribution is 0.414. The van der Waals surface area contributed by atoms with Crippen molar-refractivity contribution in [2.75, 3.05) is 13.7 Å². The van der Waals surface area contributed by atoms with E-state index in [4.69, 9.17) is 16.2 Å². The Hall–Kier alpha value is -1.42. The molecule has 0 bridgehead atoms. The Kier molecular flexibility index (Phi) is 7.12. The van der Waals surface area contributed by atoms with E-state index in [0.717, 1.165) is 18.6 Å². The van der Waals surface area contributed by atoms with Crippen LogP contribution in [0.15, 0.2) is 29.3 Å². The number of aliphatic imine (C=N–C) groups is 1. The van der Waals surface area contributed by atoms with Crippen molar-refractivity contribution in [3.05, 3.63) is 29.8 Å². The fraction of sp³-hybridized carbons (Fsp3) is 0.364. The molecule has 5 heteroatoms. The van der Waals surface area contributed by atoms with E-state index in [9.17, 15) is 0 Å². The molecule has 0 spiro atoms. The molecule has 0 amide bonds. The summed E-state index contributed by atoms with van der Waals surface area (Å²) in [5, 5.41) is 0. The summed E-state index contributed by atoms with van der Waals surface area (Å²) in [6.45, 7) is 0.675. The zero-order valence-electron chi connectivity index (χ0n) is 9.35. The fourth-order valence-electron chi connectivity index (χ4n) is 1.28. The van der Waals surface area contributed by atoms with Gasteiger partial charge in [0.25, 0.3) is 0 Å². The van der Waals surface area contributed by atoms with Crippen LogP contribution in [0.4, 0.5) is 0 Å². The highest BCUT2D eigenvalue weighted by atomic mass is 35.5. The average molecular weight is 244 g/mol. The van der Waals surface area contributed by atoms with Crippen LogP contribution in [-0.2, 0) is 6.42 Å². The molecule has 90 valence electrons. The first-order valence-electron chi connectivity index (χ1n) is 4.90. The third-order valence-corrected chi connectivity index (χ3v) is 2.08. The van der Waals surface area contributed by atoms with Crippen molar-refractivity contribution in [1.82, 2.24) is 0 Å². The second kappa shape index (κ2) is 7.82. The second-order valence-corrected chi connectivity index (χ2v) is 3.26. The number of hydrogen-bond donors (Lipinski definition) is 2. The molecule has 1 aromatic carbocycles. The van der Waals surface area contributed by atoms with Crippen LogP contribution in [-0.4, -0.2) is 19.6 Å². The van der Waals surface area contributed by atoms with Gasteiger partial charge in [-0.1, -0.05) is 12.1 Å². The molecule has 0 saturated heterocycles. The van der Waals surface area contributed by atoms with Crippen LogP contribution in [0.25, 0.3) is 0 Å². The number of ether oxygens (including phenoxy) is 1. The molecule has 0 atom stereocenters. The first kappa shape index (κ1) is 14.6. The van der Waals surface area contributed by atoms with E-state index < -0.39 is 0 Å². The number of aryl methyl sites for hydroxylation is 1. The maximum absolute atomic E-state index is 5.22. The average Bonchev–Trinajstić information content (AvgIpc) is 2.25. The number of nitrogens with zero attached hydrogens (tertiary/aromatic N) is 1. The van der Waals surface area contributed by atoms with Gasteiger partial charge < -0.3 is 16.2 Å². The second-order valence-electron chi connectivity index (χ2n) is 3.26. The third kappa shape index (κ3) is 5.46. The maximum Gasteiger partial charge on any atom is 0.185 e. The lowest BCUT2D eigenvalue weighted by Crippen LogP contribution is -2.23. The highest BCUT2D eigenvalue weighted by molar-refractivity contribution is 5.85. The minimum Gasteiger partial charge on any atom is -0.497 e. The molecule has 0 unspecified atom stereocenters. The molecule has 1 aromatic rings. The molecule has 16 heavy (non-hydrogen) atoms.